The maximum absolute atomic E-state index is 11.9. The lowest BCUT2D eigenvalue weighted by Crippen LogP contribution is -2.26. The minimum absolute atomic E-state index is 0.368. The Morgan fingerprint density at radius 3 is 2.56 bits per heavy atom. The Labute approximate surface area is 106 Å². The van der Waals surface area contributed by atoms with Crippen molar-refractivity contribution in [3.05, 3.63) is 36.2 Å². The maximum atomic E-state index is 11.9. The Morgan fingerprint density at radius 2 is 1.94 bits per heavy atom. The fraction of sp³-hybridized carbons (Fsp3) is 0.357. The van der Waals surface area contributed by atoms with Gasteiger partial charge < -0.3 is 10.5 Å². The van der Waals surface area contributed by atoms with Gasteiger partial charge in [-0.05, 0) is 37.8 Å². The van der Waals surface area contributed by atoms with Gasteiger partial charge in [0.05, 0.1) is 0 Å². The van der Waals surface area contributed by atoms with Crippen molar-refractivity contribution in [1.29, 1.82) is 0 Å². The SMILES string of the molecule is CC(C)(C)OC(=O)n1cc2ccc(CN)cc2c1. The van der Waals surface area contributed by atoms with Gasteiger partial charge >= 0.3 is 6.09 Å². The average Bonchev–Trinajstić information content (AvgIpc) is 2.69. The van der Waals surface area contributed by atoms with Crippen molar-refractivity contribution in [2.24, 2.45) is 5.73 Å². The lowest BCUT2D eigenvalue weighted by Gasteiger charge is -2.19. The molecule has 2 N–H and O–H groups in total. The molecular weight excluding hydrogens is 228 g/mol. The van der Waals surface area contributed by atoms with Crippen LogP contribution in [0.2, 0.25) is 0 Å². The molecule has 0 saturated carbocycles. The molecule has 0 bridgehead atoms. The number of hydrogen-bond donors (Lipinski definition) is 1. The molecule has 0 unspecified atom stereocenters. The van der Waals surface area contributed by atoms with Gasteiger partial charge in [0, 0.05) is 24.3 Å². The van der Waals surface area contributed by atoms with Crippen LogP contribution >= 0.6 is 0 Å². The van der Waals surface area contributed by atoms with Crippen molar-refractivity contribution < 1.29 is 9.53 Å². The summed E-state index contributed by atoms with van der Waals surface area (Å²) in [6.45, 7) is 6.04. The van der Waals surface area contributed by atoms with Gasteiger partial charge in [0.15, 0.2) is 0 Å². The summed E-state index contributed by atoms with van der Waals surface area (Å²) in [5, 5.41) is 1.99. The molecule has 18 heavy (non-hydrogen) atoms. The highest BCUT2D eigenvalue weighted by Crippen LogP contribution is 2.18. The fourth-order valence-electron chi connectivity index (χ4n) is 1.74. The van der Waals surface area contributed by atoms with E-state index >= 15 is 0 Å². The van der Waals surface area contributed by atoms with E-state index in [1.165, 1.54) is 4.57 Å². The standard InChI is InChI=1S/C14H18N2O2/c1-14(2,3)18-13(17)16-8-11-5-4-10(7-15)6-12(11)9-16/h4-6,8-9H,7,15H2,1-3H3. The summed E-state index contributed by atoms with van der Waals surface area (Å²) >= 11 is 0. The predicted molar refractivity (Wildman–Crippen MR) is 71.5 cm³/mol. The highest BCUT2D eigenvalue weighted by atomic mass is 16.6. The molecule has 0 fully saturated rings. The van der Waals surface area contributed by atoms with Crippen LogP contribution in [0.15, 0.2) is 30.6 Å². The quantitative estimate of drug-likeness (QED) is 0.841. The number of nitrogens with zero attached hydrogens (tertiary/aromatic N) is 1. The molecule has 2 aromatic rings. The van der Waals surface area contributed by atoms with Crippen molar-refractivity contribution in [1.82, 2.24) is 4.57 Å². The molecule has 1 aromatic heterocycles. The fourth-order valence-corrected chi connectivity index (χ4v) is 1.74. The zero-order valence-electron chi connectivity index (χ0n) is 10.9. The van der Waals surface area contributed by atoms with E-state index in [4.69, 9.17) is 10.5 Å². The van der Waals surface area contributed by atoms with E-state index in [2.05, 4.69) is 0 Å². The van der Waals surface area contributed by atoms with Gasteiger partial charge in [-0.2, -0.15) is 0 Å². The number of benzene rings is 1. The van der Waals surface area contributed by atoms with Crippen molar-refractivity contribution in [2.75, 3.05) is 0 Å². The van der Waals surface area contributed by atoms with E-state index in [9.17, 15) is 4.79 Å². The number of ether oxygens (including phenoxy) is 1. The summed E-state index contributed by atoms with van der Waals surface area (Å²) < 4.78 is 6.78. The molecule has 0 amide bonds. The molecule has 96 valence electrons. The Hall–Kier alpha value is -1.81. The van der Waals surface area contributed by atoms with Gasteiger partial charge in [0.1, 0.15) is 5.60 Å². The number of aromatic nitrogens is 1. The molecule has 0 aliphatic rings. The molecule has 1 heterocycles. The van der Waals surface area contributed by atoms with E-state index in [-0.39, 0.29) is 6.09 Å². The van der Waals surface area contributed by atoms with Crippen LogP contribution in [0.5, 0.6) is 0 Å². The van der Waals surface area contributed by atoms with Gasteiger partial charge in [0.25, 0.3) is 0 Å². The van der Waals surface area contributed by atoms with E-state index in [1.807, 2.05) is 39.0 Å². The molecule has 4 nitrogen and oxygen atoms in total. The normalized spacial score (nSPS) is 11.8. The molecular formula is C14H18N2O2. The average molecular weight is 246 g/mol. The number of carbonyl (C=O) groups is 1. The zero-order valence-corrected chi connectivity index (χ0v) is 10.9. The number of fused-ring (bicyclic) bond motifs is 1. The van der Waals surface area contributed by atoms with Crippen molar-refractivity contribution in [2.45, 2.75) is 32.9 Å². The molecule has 1 aromatic carbocycles. The lowest BCUT2D eigenvalue weighted by molar-refractivity contribution is 0.0538. The topological polar surface area (TPSA) is 57.2 Å². The van der Waals surface area contributed by atoms with Crippen LogP contribution in [-0.4, -0.2) is 16.3 Å². The smallest absolute Gasteiger partial charge is 0.418 e. The minimum Gasteiger partial charge on any atom is -0.443 e. The number of hydrogen-bond acceptors (Lipinski definition) is 3. The van der Waals surface area contributed by atoms with Crippen LogP contribution in [0.1, 0.15) is 26.3 Å². The number of carbonyl (C=O) groups excluding carboxylic acids is 1. The summed E-state index contributed by atoms with van der Waals surface area (Å²) in [7, 11) is 0. The first-order valence-corrected chi connectivity index (χ1v) is 5.93. The van der Waals surface area contributed by atoms with Crippen molar-refractivity contribution in [3.63, 3.8) is 0 Å². The molecule has 2 rings (SSSR count). The Kier molecular flexibility index (Phi) is 3.13. The summed E-state index contributed by atoms with van der Waals surface area (Å²) in [6.07, 6.45) is 3.17. The van der Waals surface area contributed by atoms with E-state index in [0.717, 1.165) is 16.3 Å². The summed E-state index contributed by atoms with van der Waals surface area (Å²) in [6, 6.07) is 5.90. The first-order valence-electron chi connectivity index (χ1n) is 5.93. The molecule has 0 saturated heterocycles. The van der Waals surface area contributed by atoms with Gasteiger partial charge in [-0.3, -0.25) is 4.57 Å². The van der Waals surface area contributed by atoms with E-state index < -0.39 is 5.60 Å². The van der Waals surface area contributed by atoms with Gasteiger partial charge in [0.2, 0.25) is 0 Å². The first-order chi connectivity index (χ1) is 8.39. The molecule has 0 radical (unpaired) electrons. The Balaban J connectivity index is 2.32. The highest BCUT2D eigenvalue weighted by Gasteiger charge is 2.17. The van der Waals surface area contributed by atoms with E-state index in [1.54, 1.807) is 12.4 Å². The molecule has 0 spiro atoms. The van der Waals surface area contributed by atoms with Crippen LogP contribution in [0.4, 0.5) is 4.79 Å². The third-order valence-corrected chi connectivity index (χ3v) is 2.55. The Bertz CT molecular complexity index is 579. The molecule has 0 aliphatic carbocycles. The Morgan fingerprint density at radius 1 is 1.28 bits per heavy atom. The maximum Gasteiger partial charge on any atom is 0.418 e. The summed E-state index contributed by atoms with van der Waals surface area (Å²) in [4.78, 5) is 11.9. The predicted octanol–water partition coefficient (Wildman–Crippen LogP) is 2.88. The van der Waals surface area contributed by atoms with Gasteiger partial charge in [-0.15, -0.1) is 0 Å². The summed E-state index contributed by atoms with van der Waals surface area (Å²) in [5.41, 5.74) is 6.15. The van der Waals surface area contributed by atoms with Crippen molar-refractivity contribution >= 4 is 16.9 Å². The van der Waals surface area contributed by atoms with Crippen LogP contribution in [-0.2, 0) is 11.3 Å². The molecule has 4 heteroatoms. The van der Waals surface area contributed by atoms with Crippen LogP contribution < -0.4 is 5.73 Å². The highest BCUT2D eigenvalue weighted by molar-refractivity contribution is 5.87. The second kappa shape index (κ2) is 4.46. The summed E-state index contributed by atoms with van der Waals surface area (Å²) in [5.74, 6) is 0. The second-order valence-electron chi connectivity index (χ2n) is 5.31. The largest absolute Gasteiger partial charge is 0.443 e. The van der Waals surface area contributed by atoms with Gasteiger partial charge in [-0.1, -0.05) is 12.1 Å². The van der Waals surface area contributed by atoms with Crippen LogP contribution in [0, 0.1) is 0 Å². The zero-order chi connectivity index (χ0) is 13.3. The third kappa shape index (κ3) is 2.71. The van der Waals surface area contributed by atoms with Crippen molar-refractivity contribution in [3.8, 4) is 0 Å². The van der Waals surface area contributed by atoms with E-state index in [0.29, 0.717) is 6.54 Å². The second-order valence-corrected chi connectivity index (χ2v) is 5.31. The first kappa shape index (κ1) is 12.6. The van der Waals surface area contributed by atoms with Gasteiger partial charge in [-0.25, -0.2) is 4.79 Å². The third-order valence-electron chi connectivity index (χ3n) is 2.55. The van der Waals surface area contributed by atoms with Crippen LogP contribution in [0.3, 0.4) is 0 Å². The lowest BCUT2D eigenvalue weighted by atomic mass is 10.1. The van der Waals surface area contributed by atoms with Crippen LogP contribution in [0.25, 0.3) is 10.8 Å². The minimum atomic E-state index is -0.490. The molecule has 0 aliphatic heterocycles. The number of nitrogens with two attached hydrogens (primary N) is 1. The number of rotatable bonds is 1. The molecule has 0 atom stereocenters. The monoisotopic (exact) mass is 246 g/mol.